The first kappa shape index (κ1) is 20.8. The number of carbonyl (C=O) groups excluding carboxylic acids is 2. The van der Waals surface area contributed by atoms with Crippen LogP contribution >= 0.6 is 0 Å². The number of carbonyl (C=O) groups is 2. The maximum Gasteiger partial charge on any atom is 0.276 e. The molecule has 1 fully saturated rings. The summed E-state index contributed by atoms with van der Waals surface area (Å²) >= 11 is 0. The Kier molecular flexibility index (Phi) is 6.11. The molecule has 8 nitrogen and oxygen atoms in total. The van der Waals surface area contributed by atoms with E-state index in [0.717, 1.165) is 25.7 Å². The molecule has 4 rings (SSSR count). The minimum absolute atomic E-state index is 0.0150. The van der Waals surface area contributed by atoms with Crippen molar-refractivity contribution in [3.05, 3.63) is 59.8 Å². The van der Waals surface area contributed by atoms with Gasteiger partial charge in [0.05, 0.1) is 18.4 Å². The summed E-state index contributed by atoms with van der Waals surface area (Å²) in [5, 5.41) is 14.0. The Morgan fingerprint density at radius 2 is 1.94 bits per heavy atom. The van der Waals surface area contributed by atoms with E-state index in [2.05, 4.69) is 20.8 Å². The molecule has 2 heterocycles. The highest BCUT2D eigenvalue weighted by Gasteiger charge is 2.23. The Hall–Kier alpha value is -3.49. The van der Waals surface area contributed by atoms with Crippen LogP contribution in [0.4, 0.5) is 15.9 Å². The van der Waals surface area contributed by atoms with Crippen molar-refractivity contribution >= 4 is 23.3 Å². The van der Waals surface area contributed by atoms with Crippen LogP contribution in [0.15, 0.2) is 42.7 Å². The summed E-state index contributed by atoms with van der Waals surface area (Å²) in [6.45, 7) is 0.253. The van der Waals surface area contributed by atoms with Crippen LogP contribution in [-0.2, 0) is 18.4 Å². The van der Waals surface area contributed by atoms with Crippen molar-refractivity contribution in [1.82, 2.24) is 19.6 Å². The van der Waals surface area contributed by atoms with Crippen molar-refractivity contribution in [2.75, 3.05) is 10.6 Å². The largest absolute Gasteiger partial charge is 0.318 e. The number of hydrogen-bond acceptors (Lipinski definition) is 4. The molecule has 1 saturated carbocycles. The van der Waals surface area contributed by atoms with E-state index in [1.165, 1.54) is 23.4 Å². The van der Waals surface area contributed by atoms with E-state index in [9.17, 15) is 14.0 Å². The molecule has 0 spiro atoms. The Bertz CT molecular complexity index is 1080. The fourth-order valence-electron chi connectivity index (χ4n) is 3.80. The number of aryl methyl sites for hydroxylation is 1. The molecule has 1 aliphatic carbocycles. The summed E-state index contributed by atoms with van der Waals surface area (Å²) < 4.78 is 16.8. The van der Waals surface area contributed by atoms with Gasteiger partial charge in [-0.3, -0.25) is 19.0 Å². The summed E-state index contributed by atoms with van der Waals surface area (Å²) in [5.41, 5.74) is 1.16. The van der Waals surface area contributed by atoms with E-state index in [1.54, 1.807) is 42.2 Å². The highest BCUT2D eigenvalue weighted by molar-refractivity contribution is 6.03. The normalized spacial score (nSPS) is 14.4. The lowest BCUT2D eigenvalue weighted by Gasteiger charge is -2.20. The minimum Gasteiger partial charge on any atom is -0.318 e. The third-order valence-corrected chi connectivity index (χ3v) is 5.52. The molecule has 1 aromatic carbocycles. The molecule has 2 aromatic heterocycles. The molecule has 0 atom stereocenters. The number of aromatic nitrogens is 4. The summed E-state index contributed by atoms with van der Waals surface area (Å²) in [5.74, 6) is -0.250. The third kappa shape index (κ3) is 4.99. The number of nitrogens with one attached hydrogen (secondary N) is 2. The summed E-state index contributed by atoms with van der Waals surface area (Å²) in [6, 6.07) is 8.03. The third-order valence-electron chi connectivity index (χ3n) is 5.52. The van der Waals surface area contributed by atoms with Gasteiger partial charge in [0.2, 0.25) is 5.91 Å². The SMILES string of the molecule is Cn1nc(C(=O)Nc2cnn(Cc3ccccc3F)c2)cc1NC(=O)C1CCCCC1. The Morgan fingerprint density at radius 1 is 1.16 bits per heavy atom. The zero-order valence-corrected chi connectivity index (χ0v) is 17.3. The molecule has 2 N–H and O–H groups in total. The van der Waals surface area contributed by atoms with Gasteiger partial charge in [0.15, 0.2) is 5.69 Å². The standard InChI is InChI=1S/C22H25FN6O2/c1-28-20(26-21(30)15-7-3-2-4-8-15)11-19(27-28)22(31)25-17-12-24-29(14-17)13-16-9-5-6-10-18(16)23/h5-6,9-12,14-15H,2-4,7-8,13H2,1H3,(H,25,31)(H,26,30). The smallest absolute Gasteiger partial charge is 0.276 e. The number of halogens is 1. The summed E-state index contributed by atoms with van der Waals surface area (Å²) in [4.78, 5) is 25.1. The molecular formula is C22H25FN6O2. The second-order valence-corrected chi connectivity index (χ2v) is 7.83. The maximum absolute atomic E-state index is 13.8. The molecule has 0 bridgehead atoms. The Morgan fingerprint density at radius 3 is 2.71 bits per heavy atom. The predicted molar refractivity (Wildman–Crippen MR) is 114 cm³/mol. The van der Waals surface area contributed by atoms with E-state index < -0.39 is 5.91 Å². The van der Waals surface area contributed by atoms with Crippen LogP contribution in [0.25, 0.3) is 0 Å². The first-order chi connectivity index (χ1) is 15.0. The van der Waals surface area contributed by atoms with Crippen molar-refractivity contribution in [2.24, 2.45) is 13.0 Å². The van der Waals surface area contributed by atoms with Gasteiger partial charge in [-0.25, -0.2) is 4.39 Å². The van der Waals surface area contributed by atoms with E-state index in [1.807, 2.05) is 0 Å². The van der Waals surface area contributed by atoms with Gasteiger partial charge in [0.1, 0.15) is 11.6 Å². The fraction of sp³-hybridized carbons (Fsp3) is 0.364. The molecule has 162 valence electrons. The lowest BCUT2D eigenvalue weighted by Crippen LogP contribution is -2.25. The van der Waals surface area contributed by atoms with Crippen LogP contribution < -0.4 is 10.6 Å². The van der Waals surface area contributed by atoms with Gasteiger partial charge in [0.25, 0.3) is 5.91 Å². The van der Waals surface area contributed by atoms with Gasteiger partial charge in [-0.05, 0) is 18.9 Å². The lowest BCUT2D eigenvalue weighted by molar-refractivity contribution is -0.120. The van der Waals surface area contributed by atoms with Crippen LogP contribution in [0.5, 0.6) is 0 Å². The predicted octanol–water partition coefficient (Wildman–Crippen LogP) is 3.58. The monoisotopic (exact) mass is 424 g/mol. The molecule has 0 radical (unpaired) electrons. The van der Waals surface area contributed by atoms with Gasteiger partial charge in [-0.1, -0.05) is 37.5 Å². The van der Waals surface area contributed by atoms with E-state index in [0.29, 0.717) is 17.1 Å². The second kappa shape index (κ2) is 9.11. The van der Waals surface area contributed by atoms with E-state index in [-0.39, 0.29) is 29.9 Å². The minimum atomic E-state index is -0.417. The number of amides is 2. The van der Waals surface area contributed by atoms with E-state index >= 15 is 0 Å². The topological polar surface area (TPSA) is 93.8 Å². The number of hydrogen-bond donors (Lipinski definition) is 2. The molecular weight excluding hydrogens is 399 g/mol. The summed E-state index contributed by atoms with van der Waals surface area (Å²) in [7, 11) is 1.68. The first-order valence-corrected chi connectivity index (χ1v) is 10.4. The van der Waals surface area contributed by atoms with Gasteiger partial charge < -0.3 is 10.6 Å². The molecule has 2 amide bonds. The quantitative estimate of drug-likeness (QED) is 0.633. The van der Waals surface area contributed by atoms with Gasteiger partial charge in [0, 0.05) is 30.8 Å². The zero-order chi connectivity index (χ0) is 21.8. The average Bonchev–Trinajstić information content (AvgIpc) is 3.36. The van der Waals surface area contributed by atoms with Crippen LogP contribution in [0.1, 0.15) is 48.2 Å². The average molecular weight is 424 g/mol. The second-order valence-electron chi connectivity index (χ2n) is 7.83. The molecule has 0 saturated heterocycles. The van der Waals surface area contributed by atoms with Crippen LogP contribution in [-0.4, -0.2) is 31.4 Å². The fourth-order valence-corrected chi connectivity index (χ4v) is 3.80. The zero-order valence-electron chi connectivity index (χ0n) is 17.3. The van der Waals surface area contributed by atoms with Gasteiger partial charge in [-0.2, -0.15) is 10.2 Å². The maximum atomic E-state index is 13.8. The van der Waals surface area contributed by atoms with Crippen LogP contribution in [0.3, 0.4) is 0 Å². The van der Waals surface area contributed by atoms with Gasteiger partial charge in [-0.15, -0.1) is 0 Å². The molecule has 0 aliphatic heterocycles. The molecule has 9 heteroatoms. The highest BCUT2D eigenvalue weighted by atomic mass is 19.1. The van der Waals surface area contributed by atoms with Gasteiger partial charge >= 0.3 is 0 Å². The summed E-state index contributed by atoms with van der Waals surface area (Å²) in [6.07, 6.45) is 8.23. The Labute approximate surface area is 179 Å². The van der Waals surface area contributed by atoms with Crippen LogP contribution in [0.2, 0.25) is 0 Å². The van der Waals surface area contributed by atoms with Crippen molar-refractivity contribution in [3.63, 3.8) is 0 Å². The molecule has 1 aliphatic rings. The number of anilines is 2. The highest BCUT2D eigenvalue weighted by Crippen LogP contribution is 2.25. The molecule has 31 heavy (non-hydrogen) atoms. The van der Waals surface area contributed by atoms with Crippen molar-refractivity contribution in [3.8, 4) is 0 Å². The van der Waals surface area contributed by atoms with Crippen molar-refractivity contribution in [1.29, 1.82) is 0 Å². The lowest BCUT2D eigenvalue weighted by atomic mass is 9.89. The number of benzene rings is 1. The first-order valence-electron chi connectivity index (χ1n) is 10.4. The van der Waals surface area contributed by atoms with E-state index in [4.69, 9.17) is 0 Å². The molecule has 0 unspecified atom stereocenters. The number of nitrogens with zero attached hydrogens (tertiary/aromatic N) is 4. The molecule has 3 aromatic rings. The Balaban J connectivity index is 1.38. The van der Waals surface area contributed by atoms with Crippen LogP contribution in [0, 0.1) is 11.7 Å². The van der Waals surface area contributed by atoms with Crippen molar-refractivity contribution in [2.45, 2.75) is 38.6 Å². The number of rotatable bonds is 6. The van der Waals surface area contributed by atoms with Crippen molar-refractivity contribution < 1.29 is 14.0 Å².